The van der Waals surface area contributed by atoms with Crippen molar-refractivity contribution in [2.45, 2.75) is 51.0 Å². The Bertz CT molecular complexity index is 692. The van der Waals surface area contributed by atoms with Gasteiger partial charge in [0.25, 0.3) is 0 Å². The summed E-state index contributed by atoms with van der Waals surface area (Å²) in [5, 5.41) is 4.21. The summed E-state index contributed by atoms with van der Waals surface area (Å²) in [6.45, 7) is 5.52. The third kappa shape index (κ3) is 3.27. The SMILES string of the molecule is CC[C@@H]1[C@@H](c2nc(-c3ccc(N4CCCCC4)nc3)no2)CCN1C. The van der Waals surface area contributed by atoms with Crippen LogP contribution in [-0.4, -0.2) is 52.7 Å². The molecule has 4 rings (SSSR count). The number of likely N-dealkylation sites (tertiary alicyclic amines) is 1. The number of aromatic nitrogens is 3. The molecule has 0 radical (unpaired) electrons. The van der Waals surface area contributed by atoms with Crippen LogP contribution < -0.4 is 4.90 Å². The molecule has 2 saturated heterocycles. The van der Waals surface area contributed by atoms with Crippen molar-refractivity contribution in [3.8, 4) is 11.4 Å². The van der Waals surface area contributed by atoms with E-state index in [0.29, 0.717) is 17.8 Å². The molecule has 0 spiro atoms. The van der Waals surface area contributed by atoms with Gasteiger partial charge in [-0.15, -0.1) is 0 Å². The van der Waals surface area contributed by atoms with E-state index in [1.807, 2.05) is 6.20 Å². The summed E-state index contributed by atoms with van der Waals surface area (Å²) in [4.78, 5) is 14.1. The second-order valence-electron chi connectivity index (χ2n) is 7.26. The Morgan fingerprint density at radius 3 is 2.72 bits per heavy atom. The van der Waals surface area contributed by atoms with Crippen LogP contribution in [0, 0.1) is 0 Å². The van der Waals surface area contributed by atoms with Gasteiger partial charge >= 0.3 is 0 Å². The van der Waals surface area contributed by atoms with Gasteiger partial charge in [0.15, 0.2) is 0 Å². The molecule has 2 aliphatic heterocycles. The molecule has 134 valence electrons. The number of piperidine rings is 1. The van der Waals surface area contributed by atoms with E-state index in [4.69, 9.17) is 4.52 Å². The van der Waals surface area contributed by atoms with Crippen LogP contribution in [0.25, 0.3) is 11.4 Å². The standard InChI is InChI=1S/C19H27N5O/c1-3-16-15(9-12-23(16)2)19-21-18(22-25-19)14-7-8-17(20-13-14)24-10-5-4-6-11-24/h7-8,13,15-16H,3-6,9-12H2,1-2H3/t15-,16+/m0/s1. The first kappa shape index (κ1) is 16.5. The molecule has 2 fully saturated rings. The monoisotopic (exact) mass is 341 g/mol. The Hall–Kier alpha value is -1.95. The van der Waals surface area contributed by atoms with Crippen molar-refractivity contribution in [2.24, 2.45) is 0 Å². The van der Waals surface area contributed by atoms with Crippen LogP contribution in [0.3, 0.4) is 0 Å². The van der Waals surface area contributed by atoms with Gasteiger partial charge in [-0.2, -0.15) is 4.98 Å². The van der Waals surface area contributed by atoms with E-state index >= 15 is 0 Å². The third-order valence-corrected chi connectivity index (χ3v) is 5.69. The number of rotatable bonds is 4. The second kappa shape index (κ2) is 7.12. The molecule has 0 bridgehead atoms. The smallest absolute Gasteiger partial charge is 0.231 e. The zero-order valence-electron chi connectivity index (χ0n) is 15.2. The predicted octanol–water partition coefficient (Wildman–Crippen LogP) is 3.32. The molecule has 4 heterocycles. The molecule has 6 nitrogen and oxygen atoms in total. The average molecular weight is 341 g/mol. The zero-order chi connectivity index (χ0) is 17.2. The summed E-state index contributed by atoms with van der Waals surface area (Å²) < 4.78 is 5.60. The van der Waals surface area contributed by atoms with Gasteiger partial charge in [-0.25, -0.2) is 4.98 Å². The lowest BCUT2D eigenvalue weighted by Crippen LogP contribution is -2.29. The maximum absolute atomic E-state index is 5.60. The van der Waals surface area contributed by atoms with Crippen LogP contribution in [0.15, 0.2) is 22.9 Å². The Morgan fingerprint density at radius 1 is 1.16 bits per heavy atom. The highest BCUT2D eigenvalue weighted by Crippen LogP contribution is 2.34. The van der Waals surface area contributed by atoms with Crippen molar-refractivity contribution in [2.75, 3.05) is 31.6 Å². The van der Waals surface area contributed by atoms with Crippen LogP contribution in [0.1, 0.15) is 50.8 Å². The molecule has 6 heteroatoms. The van der Waals surface area contributed by atoms with Gasteiger partial charge in [-0.05, 0) is 57.8 Å². The molecule has 0 unspecified atom stereocenters. The van der Waals surface area contributed by atoms with Gasteiger partial charge in [-0.3, -0.25) is 0 Å². The third-order valence-electron chi connectivity index (χ3n) is 5.69. The minimum absolute atomic E-state index is 0.344. The Morgan fingerprint density at radius 2 is 2.00 bits per heavy atom. The van der Waals surface area contributed by atoms with Crippen LogP contribution in [0.4, 0.5) is 5.82 Å². The van der Waals surface area contributed by atoms with E-state index in [1.54, 1.807) is 0 Å². The van der Waals surface area contributed by atoms with E-state index < -0.39 is 0 Å². The minimum atomic E-state index is 0.344. The summed E-state index contributed by atoms with van der Waals surface area (Å²) in [7, 11) is 2.18. The van der Waals surface area contributed by atoms with Crippen molar-refractivity contribution >= 4 is 5.82 Å². The first-order valence-electron chi connectivity index (χ1n) is 9.51. The Labute approximate surface area is 149 Å². The fraction of sp³-hybridized carbons (Fsp3) is 0.632. The largest absolute Gasteiger partial charge is 0.357 e. The molecule has 2 aliphatic rings. The van der Waals surface area contributed by atoms with Crippen molar-refractivity contribution < 1.29 is 4.52 Å². The molecule has 0 aliphatic carbocycles. The number of nitrogens with zero attached hydrogens (tertiary/aromatic N) is 5. The highest BCUT2D eigenvalue weighted by molar-refractivity contribution is 5.56. The topological polar surface area (TPSA) is 58.3 Å². The van der Waals surface area contributed by atoms with Crippen molar-refractivity contribution in [1.82, 2.24) is 20.0 Å². The molecule has 2 atom stereocenters. The van der Waals surface area contributed by atoms with E-state index in [2.05, 4.69) is 51.0 Å². The number of anilines is 1. The summed E-state index contributed by atoms with van der Waals surface area (Å²) in [5.41, 5.74) is 0.926. The molecule has 2 aromatic rings. The van der Waals surface area contributed by atoms with Crippen molar-refractivity contribution in [3.05, 3.63) is 24.2 Å². The summed E-state index contributed by atoms with van der Waals surface area (Å²) in [6.07, 6.45) is 7.90. The molecular weight excluding hydrogens is 314 g/mol. The highest BCUT2D eigenvalue weighted by atomic mass is 16.5. The summed E-state index contributed by atoms with van der Waals surface area (Å²) in [5.74, 6) is 2.82. The molecule has 0 saturated carbocycles. The molecular formula is C19H27N5O. The van der Waals surface area contributed by atoms with E-state index in [-0.39, 0.29) is 0 Å². The van der Waals surface area contributed by atoms with Gasteiger partial charge in [0.2, 0.25) is 11.7 Å². The molecule has 0 aromatic carbocycles. The Balaban J connectivity index is 1.50. The zero-order valence-corrected chi connectivity index (χ0v) is 15.2. The molecule has 0 amide bonds. The van der Waals surface area contributed by atoms with Gasteiger partial charge in [0, 0.05) is 30.9 Å². The van der Waals surface area contributed by atoms with Crippen LogP contribution in [-0.2, 0) is 0 Å². The van der Waals surface area contributed by atoms with Gasteiger partial charge < -0.3 is 14.3 Å². The number of hydrogen-bond donors (Lipinski definition) is 0. The van der Waals surface area contributed by atoms with Crippen molar-refractivity contribution in [1.29, 1.82) is 0 Å². The van der Waals surface area contributed by atoms with Crippen LogP contribution in [0.2, 0.25) is 0 Å². The average Bonchev–Trinajstić information content (AvgIpc) is 3.29. The van der Waals surface area contributed by atoms with Crippen molar-refractivity contribution in [3.63, 3.8) is 0 Å². The van der Waals surface area contributed by atoms with E-state index in [0.717, 1.165) is 49.7 Å². The van der Waals surface area contributed by atoms with E-state index in [1.165, 1.54) is 19.3 Å². The van der Waals surface area contributed by atoms with Gasteiger partial charge in [-0.1, -0.05) is 12.1 Å². The fourth-order valence-corrected chi connectivity index (χ4v) is 4.22. The minimum Gasteiger partial charge on any atom is -0.357 e. The van der Waals surface area contributed by atoms with E-state index in [9.17, 15) is 0 Å². The molecule has 25 heavy (non-hydrogen) atoms. The van der Waals surface area contributed by atoms with Crippen LogP contribution >= 0.6 is 0 Å². The maximum atomic E-state index is 5.60. The maximum Gasteiger partial charge on any atom is 0.231 e. The predicted molar refractivity (Wildman–Crippen MR) is 97.7 cm³/mol. The number of likely N-dealkylation sites (N-methyl/N-ethyl adjacent to an activating group) is 1. The lowest BCUT2D eigenvalue weighted by Gasteiger charge is -2.27. The lowest BCUT2D eigenvalue weighted by molar-refractivity contribution is 0.264. The first-order valence-corrected chi connectivity index (χ1v) is 9.51. The summed E-state index contributed by atoms with van der Waals surface area (Å²) in [6, 6.07) is 4.63. The van der Waals surface area contributed by atoms with Gasteiger partial charge in [0.05, 0.1) is 5.92 Å². The molecule has 2 aromatic heterocycles. The molecule has 0 N–H and O–H groups in total. The lowest BCUT2D eigenvalue weighted by atomic mass is 9.98. The normalized spacial score (nSPS) is 24.8. The number of pyridine rings is 1. The van der Waals surface area contributed by atoms with Gasteiger partial charge in [0.1, 0.15) is 5.82 Å². The van der Waals surface area contributed by atoms with Crippen LogP contribution in [0.5, 0.6) is 0 Å². The quantitative estimate of drug-likeness (QED) is 0.850. The highest BCUT2D eigenvalue weighted by Gasteiger charge is 2.35. The number of hydrogen-bond acceptors (Lipinski definition) is 6. The summed E-state index contributed by atoms with van der Waals surface area (Å²) >= 11 is 0. The second-order valence-corrected chi connectivity index (χ2v) is 7.26. The fourth-order valence-electron chi connectivity index (χ4n) is 4.22. The first-order chi connectivity index (χ1) is 12.3. The Kier molecular flexibility index (Phi) is 4.70.